The van der Waals surface area contributed by atoms with Crippen molar-refractivity contribution in [1.29, 1.82) is 0 Å². The van der Waals surface area contributed by atoms with Gasteiger partial charge in [0.25, 0.3) is 0 Å². The number of Topliss-reactive ketones (excluding diaryl/α,β-unsaturated/α-hetero) is 1. The second kappa shape index (κ2) is 9.33. The third-order valence-electron chi connectivity index (χ3n) is 4.81. The highest BCUT2D eigenvalue weighted by Gasteiger charge is 2.23. The summed E-state index contributed by atoms with van der Waals surface area (Å²) in [5.74, 6) is 2.88. The molecular weight excluding hydrogens is 322 g/mol. The average molecular weight is 352 g/mol. The van der Waals surface area contributed by atoms with Crippen molar-refractivity contribution in [3.05, 3.63) is 23.3 Å². The average Bonchev–Trinajstić information content (AvgIpc) is 2.59. The van der Waals surface area contributed by atoms with Gasteiger partial charge in [0.2, 0.25) is 0 Å². The first-order valence-electron chi connectivity index (χ1n) is 8.66. The summed E-state index contributed by atoms with van der Waals surface area (Å²) in [6.45, 7) is 4.41. The van der Waals surface area contributed by atoms with Crippen LogP contribution in [0.2, 0.25) is 0 Å². The maximum absolute atomic E-state index is 12.0. The van der Waals surface area contributed by atoms with Gasteiger partial charge in [0.05, 0.1) is 14.2 Å². The summed E-state index contributed by atoms with van der Waals surface area (Å²) in [7, 11) is 3.33. The predicted molar refractivity (Wildman–Crippen MR) is 100 cm³/mol. The van der Waals surface area contributed by atoms with Crippen molar-refractivity contribution >= 4 is 18.4 Å². The Labute approximate surface area is 150 Å². The number of thiol groups is 1. The fourth-order valence-electron chi connectivity index (χ4n) is 3.33. The van der Waals surface area contributed by atoms with Gasteiger partial charge in [0, 0.05) is 25.6 Å². The minimum atomic E-state index is 0.131. The summed E-state index contributed by atoms with van der Waals surface area (Å²) in [6.07, 6.45) is 4.10. The van der Waals surface area contributed by atoms with Crippen LogP contribution in [0, 0.1) is 5.92 Å². The van der Waals surface area contributed by atoms with E-state index >= 15 is 0 Å². The first-order valence-corrected chi connectivity index (χ1v) is 9.29. The van der Waals surface area contributed by atoms with Crippen LogP contribution in [0.25, 0.3) is 0 Å². The Balaban J connectivity index is 2.04. The van der Waals surface area contributed by atoms with Gasteiger partial charge in [-0.3, -0.25) is 9.69 Å². The fourth-order valence-corrected chi connectivity index (χ4v) is 3.56. The Morgan fingerprint density at radius 2 is 1.88 bits per heavy atom. The lowest BCUT2D eigenvalue weighted by Gasteiger charge is -2.31. The molecule has 1 aliphatic rings. The molecule has 0 bridgehead atoms. The smallest absolute Gasteiger partial charge is 0.161 e. The number of benzene rings is 1. The maximum atomic E-state index is 12.0. The summed E-state index contributed by atoms with van der Waals surface area (Å²) in [5, 5.41) is 0. The Morgan fingerprint density at radius 3 is 2.46 bits per heavy atom. The van der Waals surface area contributed by atoms with Crippen molar-refractivity contribution in [2.45, 2.75) is 39.2 Å². The number of nitrogens with zero attached hydrogens (tertiary/aromatic N) is 1. The molecule has 1 atom stereocenters. The highest BCUT2D eigenvalue weighted by Crippen LogP contribution is 2.33. The lowest BCUT2D eigenvalue weighted by atomic mass is 9.94. The van der Waals surface area contributed by atoms with Gasteiger partial charge in [0.15, 0.2) is 11.5 Å². The number of ether oxygens (including phenoxy) is 2. The number of fused-ring (bicyclic) bond motifs is 1. The third-order valence-corrected chi connectivity index (χ3v) is 5.13. The summed E-state index contributed by atoms with van der Waals surface area (Å²) < 4.78 is 10.8. The number of carbonyl (C=O) groups is 1. The second-order valence-electron chi connectivity index (χ2n) is 6.49. The molecule has 1 aromatic carbocycles. The lowest BCUT2D eigenvalue weighted by molar-refractivity contribution is -0.121. The van der Waals surface area contributed by atoms with Gasteiger partial charge in [-0.15, -0.1) is 0 Å². The first-order chi connectivity index (χ1) is 11.6. The van der Waals surface area contributed by atoms with E-state index in [1.165, 1.54) is 11.1 Å². The standard InChI is InChI=1S/C19H29NO3S/c1-14(21)16(6-4-5-9-24)12-20-8-7-15-10-18(22-2)19(23-3)11-17(15)13-20/h10-11,16,24H,4-9,12-13H2,1-3H3. The highest BCUT2D eigenvalue weighted by atomic mass is 32.1. The Hall–Kier alpha value is -1.20. The van der Waals surface area contributed by atoms with E-state index in [0.29, 0.717) is 5.78 Å². The molecule has 2 rings (SSSR count). The molecule has 0 fully saturated rings. The van der Waals surface area contributed by atoms with Crippen LogP contribution in [0.15, 0.2) is 12.1 Å². The van der Waals surface area contributed by atoms with Gasteiger partial charge in [-0.1, -0.05) is 6.42 Å². The molecule has 0 radical (unpaired) electrons. The monoisotopic (exact) mass is 351 g/mol. The van der Waals surface area contributed by atoms with E-state index in [1.807, 2.05) is 0 Å². The minimum Gasteiger partial charge on any atom is -0.493 e. The Kier molecular flexibility index (Phi) is 7.43. The molecule has 1 heterocycles. The molecule has 1 aliphatic heterocycles. The van der Waals surface area contributed by atoms with Crippen LogP contribution in [0.1, 0.15) is 37.3 Å². The SMILES string of the molecule is COc1cc2c(cc1OC)CN(CC(CCCCS)C(C)=O)CC2. The van der Waals surface area contributed by atoms with Crippen LogP contribution >= 0.6 is 12.6 Å². The quantitative estimate of drug-likeness (QED) is 0.547. The van der Waals surface area contributed by atoms with Crippen LogP contribution in [0.5, 0.6) is 11.5 Å². The lowest BCUT2D eigenvalue weighted by Crippen LogP contribution is -2.36. The van der Waals surface area contributed by atoms with Crippen LogP contribution < -0.4 is 9.47 Å². The molecule has 0 saturated carbocycles. The molecule has 4 nitrogen and oxygen atoms in total. The number of hydrogen-bond acceptors (Lipinski definition) is 5. The van der Waals surface area contributed by atoms with Crippen LogP contribution in [0.3, 0.4) is 0 Å². The zero-order chi connectivity index (χ0) is 17.5. The molecule has 134 valence electrons. The largest absolute Gasteiger partial charge is 0.493 e. The number of methoxy groups -OCH3 is 2. The van der Waals surface area contributed by atoms with Crippen LogP contribution in [0.4, 0.5) is 0 Å². The number of unbranched alkanes of at least 4 members (excludes halogenated alkanes) is 1. The van der Waals surface area contributed by atoms with E-state index < -0.39 is 0 Å². The van der Waals surface area contributed by atoms with Gasteiger partial charge >= 0.3 is 0 Å². The molecular formula is C19H29NO3S. The number of rotatable bonds is 9. The zero-order valence-corrected chi connectivity index (χ0v) is 15.9. The van der Waals surface area contributed by atoms with E-state index in [1.54, 1.807) is 21.1 Å². The van der Waals surface area contributed by atoms with Crippen molar-refractivity contribution < 1.29 is 14.3 Å². The molecule has 24 heavy (non-hydrogen) atoms. The normalized spacial score (nSPS) is 15.7. The third kappa shape index (κ3) is 4.90. The summed E-state index contributed by atoms with van der Waals surface area (Å²) >= 11 is 4.25. The maximum Gasteiger partial charge on any atom is 0.161 e. The number of carbonyl (C=O) groups excluding carboxylic acids is 1. The fraction of sp³-hybridized carbons (Fsp3) is 0.632. The number of ketones is 1. The molecule has 1 aromatic rings. The number of hydrogen-bond donors (Lipinski definition) is 1. The Morgan fingerprint density at radius 1 is 1.21 bits per heavy atom. The van der Waals surface area contributed by atoms with Crippen molar-refractivity contribution in [2.24, 2.45) is 5.92 Å². The zero-order valence-electron chi connectivity index (χ0n) is 15.0. The first kappa shape index (κ1) is 19.1. The summed E-state index contributed by atoms with van der Waals surface area (Å²) in [4.78, 5) is 14.3. The summed E-state index contributed by atoms with van der Waals surface area (Å²) in [6, 6.07) is 4.16. The van der Waals surface area contributed by atoms with E-state index in [0.717, 1.165) is 62.6 Å². The second-order valence-corrected chi connectivity index (χ2v) is 6.94. The molecule has 0 aromatic heterocycles. The van der Waals surface area contributed by atoms with Crippen LogP contribution in [-0.4, -0.2) is 43.7 Å². The van der Waals surface area contributed by atoms with E-state index in [2.05, 4.69) is 29.7 Å². The van der Waals surface area contributed by atoms with Gasteiger partial charge in [-0.2, -0.15) is 12.6 Å². The Bertz CT molecular complexity index is 562. The molecule has 0 N–H and O–H groups in total. The van der Waals surface area contributed by atoms with Gasteiger partial charge < -0.3 is 9.47 Å². The molecule has 1 unspecified atom stereocenters. The van der Waals surface area contributed by atoms with Crippen molar-refractivity contribution in [1.82, 2.24) is 4.90 Å². The van der Waals surface area contributed by atoms with Gasteiger partial charge in [-0.05, 0) is 55.2 Å². The van der Waals surface area contributed by atoms with E-state index in [9.17, 15) is 4.79 Å². The topological polar surface area (TPSA) is 38.8 Å². The molecule has 0 saturated heterocycles. The molecule has 0 spiro atoms. The van der Waals surface area contributed by atoms with E-state index in [-0.39, 0.29) is 5.92 Å². The van der Waals surface area contributed by atoms with Crippen molar-refractivity contribution in [3.63, 3.8) is 0 Å². The summed E-state index contributed by atoms with van der Waals surface area (Å²) in [5.41, 5.74) is 2.59. The molecule has 0 aliphatic carbocycles. The van der Waals surface area contributed by atoms with Crippen LogP contribution in [-0.2, 0) is 17.8 Å². The minimum absolute atomic E-state index is 0.131. The molecule has 0 amide bonds. The van der Waals surface area contributed by atoms with Gasteiger partial charge in [0.1, 0.15) is 5.78 Å². The van der Waals surface area contributed by atoms with Gasteiger partial charge in [-0.25, -0.2) is 0 Å². The van der Waals surface area contributed by atoms with Crippen molar-refractivity contribution in [3.8, 4) is 11.5 Å². The predicted octanol–water partition coefficient (Wildman–Crippen LogP) is 3.37. The highest BCUT2D eigenvalue weighted by molar-refractivity contribution is 7.80. The van der Waals surface area contributed by atoms with Crippen molar-refractivity contribution in [2.75, 3.05) is 33.1 Å². The molecule has 5 heteroatoms. The van der Waals surface area contributed by atoms with E-state index in [4.69, 9.17) is 9.47 Å².